The Bertz CT molecular complexity index is 5400. The topological polar surface area (TPSA) is 817 Å². The van der Waals surface area contributed by atoms with E-state index < -0.39 is 6.16 Å². The number of aliphatic imine (C=N–C) groups is 2. The normalized spacial score (nSPS) is 8.58. The second-order valence-corrected chi connectivity index (χ2v) is 25.4. The molecule has 48 heteroatoms. The Kier molecular flexibility index (Phi) is 88.7. The van der Waals surface area contributed by atoms with Crippen LogP contribution in [-0.2, 0) is 61.7 Å². The van der Waals surface area contributed by atoms with Gasteiger partial charge in [-0.2, -0.15) is 31.6 Å². The lowest BCUT2D eigenvalue weighted by molar-refractivity contribution is -0.140. The number of esters is 1. The molecule has 1 amide bonds. The number of thioether (sulfide) groups is 1. The number of nitrogens with one attached hydrogen (secondary N) is 5. The van der Waals surface area contributed by atoms with E-state index in [1.807, 2.05) is 122 Å². The standard InChI is InChI=1S/6C9H6O2.C6H13N3O.C6H12N2O2.C5H10N2O3.C5H12N2O.C3H9N3O.C3H9N3S.6C2H3NO/c6*10-9-6-5-7-3-1-2-4-8(7)11-9;1-9-6(10)4-2-3-5(7)8;1-10-6(9)4-2-3-5(7)8;1-9-5(8)10-3-2-4(6)7;1-2-8-4-3-5(6)7;2*1-7-2-6-3(4)5;6*1-4-2-3/h6*1-6H;2-4H2,1H3,(H3,7,8)(H,9,10);2-4H2,1H3,(H3,7,8);2-3H2,1H3,(H3,6,7);2-4H2,1H3,(H3,6,7);2*2H2,1H3,(H4,4,5,6);6*1H3. The van der Waals surface area contributed by atoms with Gasteiger partial charge < -0.3 is 130 Å². The first-order chi connectivity index (χ1) is 67.9. The molecule has 142 heavy (non-hydrogen) atoms. The molecule has 21 N–H and O–H groups in total. The minimum Gasteiger partial charge on any atom is -0.469 e. The number of rotatable bonds is 19. The van der Waals surface area contributed by atoms with E-state index >= 15 is 0 Å². The zero-order chi connectivity index (χ0) is 108. The van der Waals surface area contributed by atoms with Crippen LogP contribution >= 0.6 is 11.8 Å². The lowest BCUT2D eigenvalue weighted by Gasteiger charge is -2.00. The number of fused-ring (bicyclic) bond motifs is 6. The molecule has 0 saturated carbocycles. The molecule has 0 aliphatic heterocycles. The summed E-state index contributed by atoms with van der Waals surface area (Å²) in [5.41, 5.74) is 42.0. The first-order valence-electron chi connectivity index (χ1n) is 40.4. The lowest BCUT2D eigenvalue weighted by Crippen LogP contribution is -2.23. The fourth-order valence-electron chi connectivity index (χ4n) is 8.07. The monoisotopic (exact) mass is 1990 g/mol. The van der Waals surface area contributed by atoms with Gasteiger partial charge in [0, 0.05) is 128 Å². The van der Waals surface area contributed by atoms with Crippen molar-refractivity contribution in [1.29, 1.82) is 53.2 Å². The number of methoxy groups -OCH3 is 9. The van der Waals surface area contributed by atoms with Gasteiger partial charge in [0.2, 0.25) is 5.91 Å². The number of nitriles is 6. The van der Waals surface area contributed by atoms with Gasteiger partial charge in [-0.05, 0) is 98.8 Å². The van der Waals surface area contributed by atoms with Gasteiger partial charge in [0.1, 0.15) is 46.8 Å². The fraction of sp³-hybridized carbons (Fsp3) is 0.266. The van der Waals surface area contributed by atoms with Crippen LogP contribution in [0.2, 0.25) is 0 Å². The zero-order valence-electron chi connectivity index (χ0n) is 80.2. The Morgan fingerprint density at radius 3 is 0.775 bits per heavy atom. The Morgan fingerprint density at radius 2 is 0.592 bits per heavy atom. The highest BCUT2D eigenvalue weighted by atomic mass is 32.2. The van der Waals surface area contributed by atoms with Gasteiger partial charge in [0.15, 0.2) is 11.9 Å². The Morgan fingerprint density at radius 1 is 0.352 bits per heavy atom. The number of hydrogen-bond acceptors (Lipinski definition) is 39. The number of para-hydroxylation sites is 6. The van der Waals surface area contributed by atoms with Crippen molar-refractivity contribution in [2.75, 3.05) is 110 Å². The minimum absolute atomic E-state index is 0.00116. The molecular weight excluding hydrogens is 1870 g/mol. The average molecular weight is 1990 g/mol. The number of amidine groups is 4. The Balaban J connectivity index is -0.000000349. The first-order valence-corrected chi connectivity index (χ1v) is 41.8. The van der Waals surface area contributed by atoms with Gasteiger partial charge >= 0.3 is 45.9 Å². The predicted octanol–water partition coefficient (Wildman–Crippen LogP) is 10.4. The molecule has 6 aromatic heterocycles. The number of hydrogen-bond donors (Lipinski definition) is 13. The molecule has 0 unspecified atom stereocenters. The van der Waals surface area contributed by atoms with E-state index in [1.54, 1.807) is 91.6 Å². The molecule has 0 aliphatic rings. The maximum absolute atomic E-state index is 10.7. The van der Waals surface area contributed by atoms with E-state index in [-0.39, 0.29) is 101 Å². The molecule has 0 aliphatic carbocycles. The van der Waals surface area contributed by atoms with Crippen LogP contribution in [0.1, 0.15) is 58.3 Å². The smallest absolute Gasteiger partial charge is 0.469 e. The van der Waals surface area contributed by atoms with Crippen molar-refractivity contribution in [2.24, 2.45) is 55.9 Å². The largest absolute Gasteiger partial charge is 0.507 e. The van der Waals surface area contributed by atoms with Gasteiger partial charge in [-0.3, -0.25) is 31.2 Å². The Labute approximate surface area is 820 Å². The van der Waals surface area contributed by atoms with Crippen molar-refractivity contribution in [2.45, 2.75) is 58.3 Å². The zero-order valence-corrected chi connectivity index (χ0v) is 81.0. The molecule has 0 fully saturated rings. The van der Waals surface area contributed by atoms with Crippen LogP contribution in [0.5, 0.6) is 0 Å². The number of amides is 1. The molecule has 12 aromatic rings. The highest BCUT2D eigenvalue weighted by Gasteiger charge is 2.03. The third-order valence-corrected chi connectivity index (χ3v) is 14.5. The summed E-state index contributed by atoms with van der Waals surface area (Å²) < 4.78 is 74.9. The maximum atomic E-state index is 10.7. The molecule has 47 nitrogen and oxygen atoms in total. The quantitative estimate of drug-likeness (QED) is 0.00893. The van der Waals surface area contributed by atoms with Crippen molar-refractivity contribution >= 4 is 131 Å². The van der Waals surface area contributed by atoms with Crippen LogP contribution in [0.15, 0.2) is 284 Å². The first kappa shape index (κ1) is 134. The van der Waals surface area contributed by atoms with Gasteiger partial charge in [-0.1, -0.05) is 109 Å². The van der Waals surface area contributed by atoms with E-state index in [9.17, 15) is 43.2 Å². The second-order valence-electron chi connectivity index (χ2n) is 24.6. The van der Waals surface area contributed by atoms with E-state index in [0.29, 0.717) is 97.5 Å². The SMILES string of the molecule is CCOCCC(=N)N.CNC(=O)CCCC(=N)N.COC#N.COC#N.COC#N.COC#N.COC#N.COC#N.COC(=O)CCCC(=N)N.COC(=O)OCCC(=N)N.COCN=C(N)N.CSCN=C(N)N.O=c1ccc2ccccc2o1.O=c1ccc2ccccc2o1.O=c1ccc2ccccc2o1.O=c1ccc2ccccc2o1.O=c1ccc2ccccc2o1.O=c1ccc2ccccc2o1. The van der Waals surface area contributed by atoms with Crippen LogP contribution in [0, 0.1) is 90.7 Å². The van der Waals surface area contributed by atoms with E-state index in [0.717, 1.165) is 32.3 Å². The number of ether oxygens (including phenoxy) is 11. The highest BCUT2D eigenvalue weighted by Crippen LogP contribution is 2.14. The lowest BCUT2D eigenvalue weighted by atomic mass is 10.2. The number of carbonyl (C=O) groups is 3. The second kappa shape index (κ2) is 94.0. The molecular formula is C94H119N21O26S. The summed E-state index contributed by atoms with van der Waals surface area (Å²) in [6.07, 6.45) is 13.6. The highest BCUT2D eigenvalue weighted by molar-refractivity contribution is 7.98. The van der Waals surface area contributed by atoms with E-state index in [2.05, 4.69) is 62.7 Å². The van der Waals surface area contributed by atoms with Crippen LogP contribution in [0.4, 0.5) is 4.79 Å². The van der Waals surface area contributed by atoms with E-state index in [1.165, 1.54) is 138 Å². The van der Waals surface area contributed by atoms with Crippen LogP contribution in [0.25, 0.3) is 65.8 Å². The molecule has 6 heterocycles. The summed E-state index contributed by atoms with van der Waals surface area (Å²) in [5, 5.41) is 79.8. The third kappa shape index (κ3) is 84.2. The van der Waals surface area contributed by atoms with Gasteiger partial charge in [-0.15, -0.1) is 11.8 Å². The average Bonchev–Trinajstić information content (AvgIpc) is 0.884. The summed E-state index contributed by atoms with van der Waals surface area (Å²) in [7, 11) is 13.6. The van der Waals surface area contributed by atoms with Crippen LogP contribution < -0.4 is 84.9 Å². The van der Waals surface area contributed by atoms with Crippen molar-refractivity contribution in [3.63, 3.8) is 0 Å². The summed E-state index contributed by atoms with van der Waals surface area (Å²) in [6, 6.07) is 63.5. The van der Waals surface area contributed by atoms with E-state index in [4.69, 9.17) is 130 Å². The van der Waals surface area contributed by atoms with Crippen LogP contribution in [-0.4, -0.2) is 163 Å². The summed E-state index contributed by atoms with van der Waals surface area (Å²) >= 11 is 1.58. The molecule has 6 aromatic carbocycles. The molecule has 12 rings (SSSR count). The molecule has 0 spiro atoms. The number of guanidine groups is 2. The van der Waals surface area contributed by atoms with Crippen molar-refractivity contribution in [3.05, 3.63) is 281 Å². The predicted molar refractivity (Wildman–Crippen MR) is 538 cm³/mol. The van der Waals surface area contributed by atoms with Crippen molar-refractivity contribution < 1.29 is 93.0 Å². The summed E-state index contributed by atoms with van der Waals surface area (Å²) in [6.45, 7) is 3.53. The van der Waals surface area contributed by atoms with Gasteiger partial charge in [-0.25, -0.2) is 43.5 Å². The van der Waals surface area contributed by atoms with Crippen molar-refractivity contribution in [3.8, 4) is 37.5 Å². The number of nitrogens with zero attached hydrogens (tertiary/aromatic N) is 8. The molecule has 0 saturated heterocycles. The molecule has 0 atom stereocenters. The number of carbonyl (C=O) groups excluding carboxylic acids is 3. The minimum atomic E-state index is -0.749. The molecule has 0 radical (unpaired) electrons. The number of nitrogens with two attached hydrogens (primary N) is 8. The summed E-state index contributed by atoms with van der Waals surface area (Å²) in [4.78, 5) is 103. The van der Waals surface area contributed by atoms with Gasteiger partial charge in [0.05, 0.1) is 92.7 Å². The molecule has 0 bridgehead atoms. The van der Waals surface area contributed by atoms with Crippen LogP contribution in [0.3, 0.4) is 0 Å². The fourth-order valence-corrected chi connectivity index (χ4v) is 8.34. The van der Waals surface area contributed by atoms with Gasteiger partial charge in [0.25, 0.3) is 37.5 Å². The Hall–Kier alpha value is -18.8. The molecule has 762 valence electrons. The number of benzene rings is 6. The van der Waals surface area contributed by atoms with Crippen molar-refractivity contribution in [1.82, 2.24) is 5.32 Å². The summed E-state index contributed by atoms with van der Waals surface area (Å²) in [5.74, 6) is 1.07. The maximum Gasteiger partial charge on any atom is 0.507 e. The third-order valence-electron chi connectivity index (χ3n) is 14.1.